The summed E-state index contributed by atoms with van der Waals surface area (Å²) in [6, 6.07) is 7.98. The average Bonchev–Trinajstić information content (AvgIpc) is 3.38. The highest BCUT2D eigenvalue weighted by Gasteiger charge is 2.28. The Morgan fingerprint density at radius 2 is 2.00 bits per heavy atom. The normalized spacial score (nSPS) is 13.9. The number of benzene rings is 1. The number of nitrogens with one attached hydrogen (secondary N) is 2. The molecule has 0 spiro atoms. The van der Waals surface area contributed by atoms with Crippen molar-refractivity contribution in [2.75, 3.05) is 18.8 Å². The Balaban J connectivity index is 1.45. The fraction of sp³-hybridized carbons (Fsp3) is 0.471. The molecule has 1 heterocycles. The predicted molar refractivity (Wildman–Crippen MR) is 94.9 cm³/mol. The minimum Gasteiger partial charge on any atom is -0.354 e. The first kappa shape index (κ1) is 16.8. The third-order valence-electron chi connectivity index (χ3n) is 3.96. The number of aromatic nitrogens is 2. The summed E-state index contributed by atoms with van der Waals surface area (Å²) in [6.07, 6.45) is 1.99. The summed E-state index contributed by atoms with van der Waals surface area (Å²) in [7, 11) is 0. The Hall–Kier alpha value is -2.02. The number of amides is 2. The van der Waals surface area contributed by atoms with Gasteiger partial charge in [0.2, 0.25) is 11.8 Å². The summed E-state index contributed by atoms with van der Waals surface area (Å²) in [5, 5.41) is 6.52. The second kappa shape index (κ2) is 7.70. The topological polar surface area (TPSA) is 76.0 Å². The lowest BCUT2D eigenvalue weighted by Crippen LogP contribution is -2.36. The van der Waals surface area contributed by atoms with E-state index in [9.17, 15) is 9.59 Å². The molecular weight excluding hydrogens is 324 g/mol. The quantitative estimate of drug-likeness (QED) is 0.564. The summed E-state index contributed by atoms with van der Waals surface area (Å²) in [6.45, 7) is 3.83. The molecule has 1 aliphatic rings. The van der Waals surface area contributed by atoms with Crippen LogP contribution in [-0.2, 0) is 16.1 Å². The molecule has 1 aromatic carbocycles. The molecule has 24 heavy (non-hydrogen) atoms. The molecule has 0 saturated heterocycles. The maximum Gasteiger partial charge on any atom is 0.230 e. The Morgan fingerprint density at radius 1 is 1.25 bits per heavy atom. The molecule has 2 amide bonds. The van der Waals surface area contributed by atoms with Gasteiger partial charge in [-0.3, -0.25) is 9.59 Å². The molecule has 1 aromatic heterocycles. The molecule has 1 aliphatic carbocycles. The Labute approximate surface area is 145 Å². The van der Waals surface area contributed by atoms with E-state index < -0.39 is 0 Å². The van der Waals surface area contributed by atoms with Gasteiger partial charge in [-0.2, -0.15) is 0 Å². The SMILES string of the molecule is CCn1c(SCC(=O)NCCNC(=O)C2CC2)nc2ccccc21. The summed E-state index contributed by atoms with van der Waals surface area (Å²) >= 11 is 1.44. The van der Waals surface area contributed by atoms with E-state index in [2.05, 4.69) is 27.1 Å². The fourth-order valence-electron chi connectivity index (χ4n) is 2.53. The summed E-state index contributed by atoms with van der Waals surface area (Å²) in [4.78, 5) is 28.0. The first-order chi connectivity index (χ1) is 11.7. The van der Waals surface area contributed by atoms with Crippen LogP contribution >= 0.6 is 11.8 Å². The van der Waals surface area contributed by atoms with Gasteiger partial charge in [-0.1, -0.05) is 23.9 Å². The summed E-state index contributed by atoms with van der Waals surface area (Å²) in [5.41, 5.74) is 2.04. The van der Waals surface area contributed by atoms with Crippen LogP contribution in [-0.4, -0.2) is 40.2 Å². The molecule has 7 heteroatoms. The van der Waals surface area contributed by atoms with Crippen LogP contribution < -0.4 is 10.6 Å². The molecule has 0 radical (unpaired) electrons. The van der Waals surface area contributed by atoms with E-state index in [4.69, 9.17) is 0 Å². The number of hydrogen-bond acceptors (Lipinski definition) is 4. The highest BCUT2D eigenvalue weighted by atomic mass is 32.2. The van der Waals surface area contributed by atoms with Crippen molar-refractivity contribution in [1.29, 1.82) is 0 Å². The number of aryl methyl sites for hydroxylation is 1. The maximum atomic E-state index is 11.9. The van der Waals surface area contributed by atoms with Crippen LogP contribution in [0, 0.1) is 5.92 Å². The monoisotopic (exact) mass is 346 g/mol. The largest absolute Gasteiger partial charge is 0.354 e. The van der Waals surface area contributed by atoms with Crippen molar-refractivity contribution in [3.63, 3.8) is 0 Å². The van der Waals surface area contributed by atoms with E-state index in [0.717, 1.165) is 35.6 Å². The van der Waals surface area contributed by atoms with Crippen LogP contribution in [0.3, 0.4) is 0 Å². The van der Waals surface area contributed by atoms with Gasteiger partial charge in [-0.25, -0.2) is 4.98 Å². The standard InChI is InChI=1S/C17H22N4O2S/c1-2-21-14-6-4-3-5-13(14)20-17(21)24-11-15(22)18-9-10-19-16(23)12-7-8-12/h3-6,12H,2,7-11H2,1H3,(H,18,22)(H,19,23). The van der Waals surface area contributed by atoms with Crippen LogP contribution in [0.1, 0.15) is 19.8 Å². The van der Waals surface area contributed by atoms with Crippen molar-refractivity contribution in [3.05, 3.63) is 24.3 Å². The number of fused-ring (bicyclic) bond motifs is 1. The van der Waals surface area contributed by atoms with Gasteiger partial charge in [-0.05, 0) is 31.9 Å². The first-order valence-electron chi connectivity index (χ1n) is 8.31. The van der Waals surface area contributed by atoms with Crippen LogP contribution in [0.2, 0.25) is 0 Å². The number of rotatable bonds is 8. The minimum absolute atomic E-state index is 0.0459. The van der Waals surface area contributed by atoms with Gasteiger partial charge in [0.15, 0.2) is 5.16 Å². The number of nitrogens with zero attached hydrogens (tertiary/aromatic N) is 2. The van der Waals surface area contributed by atoms with Crippen LogP contribution in [0.4, 0.5) is 0 Å². The second-order valence-corrected chi connectivity index (χ2v) is 6.77. The van der Waals surface area contributed by atoms with E-state index >= 15 is 0 Å². The van der Waals surface area contributed by atoms with Crippen molar-refractivity contribution in [3.8, 4) is 0 Å². The second-order valence-electron chi connectivity index (χ2n) is 5.83. The fourth-order valence-corrected chi connectivity index (χ4v) is 3.44. The molecule has 1 saturated carbocycles. The lowest BCUT2D eigenvalue weighted by Gasteiger charge is -2.07. The molecule has 0 atom stereocenters. The van der Waals surface area contributed by atoms with Gasteiger partial charge in [0.25, 0.3) is 0 Å². The number of para-hydroxylation sites is 2. The lowest BCUT2D eigenvalue weighted by atomic mass is 10.3. The zero-order chi connectivity index (χ0) is 16.9. The molecule has 3 rings (SSSR count). The van der Waals surface area contributed by atoms with E-state index in [0.29, 0.717) is 18.8 Å². The molecule has 2 N–H and O–H groups in total. The van der Waals surface area contributed by atoms with E-state index in [1.54, 1.807) is 0 Å². The van der Waals surface area contributed by atoms with Crippen molar-refractivity contribution in [2.24, 2.45) is 5.92 Å². The Morgan fingerprint density at radius 3 is 2.75 bits per heavy atom. The first-order valence-corrected chi connectivity index (χ1v) is 9.30. The Kier molecular flexibility index (Phi) is 5.40. The van der Waals surface area contributed by atoms with Crippen LogP contribution in [0.5, 0.6) is 0 Å². The summed E-state index contributed by atoms with van der Waals surface area (Å²) < 4.78 is 2.11. The molecule has 1 fully saturated rings. The van der Waals surface area contributed by atoms with Gasteiger partial charge >= 0.3 is 0 Å². The smallest absolute Gasteiger partial charge is 0.230 e. The average molecular weight is 346 g/mol. The summed E-state index contributed by atoms with van der Waals surface area (Å²) in [5.74, 6) is 0.587. The number of imidazole rings is 1. The molecule has 0 unspecified atom stereocenters. The zero-order valence-electron chi connectivity index (χ0n) is 13.7. The van der Waals surface area contributed by atoms with Gasteiger partial charge < -0.3 is 15.2 Å². The van der Waals surface area contributed by atoms with E-state index in [1.165, 1.54) is 11.8 Å². The van der Waals surface area contributed by atoms with E-state index in [-0.39, 0.29) is 17.7 Å². The van der Waals surface area contributed by atoms with Crippen molar-refractivity contribution in [2.45, 2.75) is 31.5 Å². The van der Waals surface area contributed by atoms with Crippen molar-refractivity contribution < 1.29 is 9.59 Å². The van der Waals surface area contributed by atoms with Crippen molar-refractivity contribution >= 4 is 34.6 Å². The molecule has 128 valence electrons. The molecular formula is C17H22N4O2S. The third kappa shape index (κ3) is 4.08. The van der Waals surface area contributed by atoms with E-state index in [1.807, 2.05) is 24.3 Å². The molecule has 0 aliphatic heterocycles. The number of thioether (sulfide) groups is 1. The minimum atomic E-state index is -0.0459. The molecule has 0 bridgehead atoms. The number of carbonyl (C=O) groups excluding carboxylic acids is 2. The highest BCUT2D eigenvalue weighted by molar-refractivity contribution is 7.99. The van der Waals surface area contributed by atoms with Gasteiger partial charge in [0.1, 0.15) is 0 Å². The molecule has 6 nitrogen and oxygen atoms in total. The number of carbonyl (C=O) groups is 2. The zero-order valence-corrected chi connectivity index (χ0v) is 14.6. The van der Waals surface area contributed by atoms with Crippen LogP contribution in [0.25, 0.3) is 11.0 Å². The maximum absolute atomic E-state index is 11.9. The number of hydrogen-bond donors (Lipinski definition) is 2. The highest BCUT2D eigenvalue weighted by Crippen LogP contribution is 2.28. The van der Waals surface area contributed by atoms with Gasteiger partial charge in [0, 0.05) is 25.6 Å². The molecule has 2 aromatic rings. The predicted octanol–water partition coefficient (Wildman–Crippen LogP) is 1.79. The van der Waals surface area contributed by atoms with Gasteiger partial charge in [0.05, 0.1) is 16.8 Å². The Bertz CT molecular complexity index is 739. The lowest BCUT2D eigenvalue weighted by molar-refractivity contribution is -0.123. The third-order valence-corrected chi connectivity index (χ3v) is 4.94. The van der Waals surface area contributed by atoms with Gasteiger partial charge in [-0.15, -0.1) is 0 Å². The van der Waals surface area contributed by atoms with Crippen LogP contribution in [0.15, 0.2) is 29.4 Å². The van der Waals surface area contributed by atoms with Crippen molar-refractivity contribution in [1.82, 2.24) is 20.2 Å².